The van der Waals surface area contributed by atoms with E-state index in [1.165, 1.54) is 40.3 Å². The molecule has 1 aliphatic rings. The summed E-state index contributed by atoms with van der Waals surface area (Å²) >= 11 is 7.88. The molecule has 0 radical (unpaired) electrons. The van der Waals surface area contributed by atoms with Crippen LogP contribution in [0.4, 0.5) is 0 Å². The molecule has 0 fully saturated rings. The van der Waals surface area contributed by atoms with Gasteiger partial charge in [0.2, 0.25) is 0 Å². The van der Waals surface area contributed by atoms with Crippen LogP contribution in [-0.4, -0.2) is 0 Å². The number of rotatable bonds is 2. The van der Waals surface area contributed by atoms with E-state index < -0.39 is 0 Å². The molecule has 20 heavy (non-hydrogen) atoms. The summed E-state index contributed by atoms with van der Waals surface area (Å²) in [4.78, 5) is 6.40. The Bertz CT molecular complexity index is 577. The van der Waals surface area contributed by atoms with Crippen molar-refractivity contribution in [2.45, 2.75) is 56.7 Å². The number of alkyl halides is 1. The van der Waals surface area contributed by atoms with Gasteiger partial charge >= 0.3 is 0 Å². The van der Waals surface area contributed by atoms with E-state index in [1.807, 2.05) is 22.7 Å². The molecule has 0 aromatic carbocycles. The summed E-state index contributed by atoms with van der Waals surface area (Å²) in [7, 11) is 0. The highest BCUT2D eigenvalue weighted by atomic mass is 79.9. The van der Waals surface area contributed by atoms with E-state index in [2.05, 4.69) is 54.9 Å². The first-order valence-corrected chi connectivity index (χ1v) is 9.86. The average Bonchev–Trinajstić information content (AvgIpc) is 3.04. The maximum atomic E-state index is 3.92. The van der Waals surface area contributed by atoms with Gasteiger partial charge < -0.3 is 0 Å². The summed E-state index contributed by atoms with van der Waals surface area (Å²) in [6.45, 7) is 6.86. The van der Waals surface area contributed by atoms with Crippen molar-refractivity contribution in [3.63, 3.8) is 0 Å². The third-order valence-electron chi connectivity index (χ3n) is 3.88. The summed E-state index contributed by atoms with van der Waals surface area (Å²) in [5.41, 5.74) is 1.86. The minimum atomic E-state index is 0.254. The molecule has 2 aromatic rings. The van der Waals surface area contributed by atoms with Crippen molar-refractivity contribution in [1.82, 2.24) is 0 Å². The Balaban J connectivity index is 1.86. The van der Waals surface area contributed by atoms with Gasteiger partial charge in [0.1, 0.15) is 0 Å². The number of hydrogen-bond donors (Lipinski definition) is 0. The maximum absolute atomic E-state index is 3.92. The van der Waals surface area contributed by atoms with E-state index in [0.717, 1.165) is 0 Å². The monoisotopic (exact) mass is 368 g/mol. The highest BCUT2D eigenvalue weighted by Crippen LogP contribution is 2.43. The molecule has 1 unspecified atom stereocenters. The fraction of sp³-hybridized carbons (Fsp3) is 0.529. The van der Waals surface area contributed by atoms with Crippen molar-refractivity contribution >= 4 is 38.6 Å². The van der Waals surface area contributed by atoms with Crippen LogP contribution in [0.5, 0.6) is 0 Å². The molecule has 0 nitrogen and oxygen atoms in total. The lowest BCUT2D eigenvalue weighted by Crippen LogP contribution is -2.07. The van der Waals surface area contributed by atoms with Crippen LogP contribution in [0.15, 0.2) is 18.2 Å². The normalized spacial score (nSPS) is 17.0. The van der Waals surface area contributed by atoms with Crippen molar-refractivity contribution in [2.75, 3.05) is 0 Å². The van der Waals surface area contributed by atoms with Crippen molar-refractivity contribution in [1.29, 1.82) is 0 Å². The predicted octanol–water partition coefficient (Wildman–Crippen LogP) is 6.47. The van der Waals surface area contributed by atoms with Gasteiger partial charge in [0.25, 0.3) is 0 Å². The smallest absolute Gasteiger partial charge is 0.0831 e. The second kappa shape index (κ2) is 5.58. The number of hydrogen-bond acceptors (Lipinski definition) is 2. The topological polar surface area (TPSA) is 0 Å². The molecule has 108 valence electrons. The van der Waals surface area contributed by atoms with E-state index in [9.17, 15) is 0 Å². The molecule has 0 aliphatic heterocycles. The molecule has 0 N–H and O–H groups in total. The largest absolute Gasteiger partial charge is 0.144 e. The molecule has 1 atom stereocenters. The van der Waals surface area contributed by atoms with E-state index in [0.29, 0.717) is 4.83 Å². The lowest BCUT2D eigenvalue weighted by molar-refractivity contribution is 0.604. The van der Waals surface area contributed by atoms with Gasteiger partial charge in [0, 0.05) is 19.5 Å². The quantitative estimate of drug-likeness (QED) is 0.532. The fourth-order valence-corrected chi connectivity index (χ4v) is 5.91. The Hall–Kier alpha value is -0.120. The Labute approximate surface area is 138 Å². The molecule has 0 bridgehead atoms. The third kappa shape index (κ3) is 2.90. The Morgan fingerprint density at radius 3 is 2.45 bits per heavy atom. The van der Waals surface area contributed by atoms with Crippen LogP contribution in [0.25, 0.3) is 0 Å². The van der Waals surface area contributed by atoms with Crippen molar-refractivity contribution in [3.05, 3.63) is 43.3 Å². The molecule has 0 amide bonds. The van der Waals surface area contributed by atoms with Gasteiger partial charge in [-0.15, -0.1) is 22.7 Å². The predicted molar refractivity (Wildman–Crippen MR) is 94.8 cm³/mol. The van der Waals surface area contributed by atoms with Crippen LogP contribution in [0.1, 0.15) is 63.5 Å². The lowest BCUT2D eigenvalue weighted by atomic mass is 9.95. The van der Waals surface area contributed by atoms with Crippen molar-refractivity contribution in [3.8, 4) is 0 Å². The molecule has 0 spiro atoms. The summed E-state index contributed by atoms with van der Waals surface area (Å²) in [6.07, 6.45) is 5.30. The van der Waals surface area contributed by atoms with Gasteiger partial charge in [-0.2, -0.15) is 0 Å². The molecule has 3 heteroatoms. The van der Waals surface area contributed by atoms with Gasteiger partial charge in [0.15, 0.2) is 0 Å². The van der Waals surface area contributed by atoms with Crippen LogP contribution in [-0.2, 0) is 18.3 Å². The second-order valence-corrected chi connectivity index (χ2v) is 9.82. The molecule has 2 aromatic heterocycles. The molecule has 3 rings (SSSR count). The first kappa shape index (κ1) is 14.8. The summed E-state index contributed by atoms with van der Waals surface area (Å²) in [5, 5.41) is 0. The highest BCUT2D eigenvalue weighted by Gasteiger charge is 2.22. The molecule has 2 heterocycles. The molecule has 0 saturated carbocycles. The number of halogens is 1. The summed E-state index contributed by atoms with van der Waals surface area (Å²) < 4.78 is 0. The third-order valence-corrected chi connectivity index (χ3v) is 8.35. The minimum Gasteiger partial charge on any atom is -0.144 e. The maximum Gasteiger partial charge on any atom is 0.0831 e. The van der Waals surface area contributed by atoms with Gasteiger partial charge in [-0.3, -0.25) is 0 Å². The fourth-order valence-electron chi connectivity index (χ4n) is 2.67. The molecular weight excluding hydrogens is 348 g/mol. The first-order valence-electron chi connectivity index (χ1n) is 7.31. The van der Waals surface area contributed by atoms with E-state index in [1.54, 1.807) is 10.4 Å². The van der Waals surface area contributed by atoms with Gasteiger partial charge in [-0.05, 0) is 54.9 Å². The Morgan fingerprint density at radius 2 is 1.80 bits per heavy atom. The molecule has 1 aliphatic carbocycles. The zero-order valence-electron chi connectivity index (χ0n) is 12.3. The lowest BCUT2D eigenvalue weighted by Gasteiger charge is -2.15. The standard InChI is InChI=1S/C17H21BrS2/c1-17(2,3)15-9-8-13(20-15)16(18)14-10-11-6-4-5-7-12(11)19-14/h8-10,16H,4-7H2,1-3H3. The SMILES string of the molecule is CC(C)(C)c1ccc(C(Br)c2cc3c(s2)CCCC3)s1. The Morgan fingerprint density at radius 1 is 1.05 bits per heavy atom. The molecule has 0 saturated heterocycles. The molecular formula is C17H21BrS2. The first-order chi connectivity index (χ1) is 9.45. The van der Waals surface area contributed by atoms with Crippen LogP contribution in [0.2, 0.25) is 0 Å². The summed E-state index contributed by atoms with van der Waals surface area (Å²) in [6, 6.07) is 7.03. The number of fused-ring (bicyclic) bond motifs is 1. The van der Waals surface area contributed by atoms with Crippen LogP contribution in [0, 0.1) is 0 Å². The minimum absolute atomic E-state index is 0.254. The Kier molecular flexibility index (Phi) is 4.13. The van der Waals surface area contributed by atoms with Gasteiger partial charge in [-0.1, -0.05) is 36.7 Å². The number of aryl methyl sites for hydroxylation is 2. The zero-order valence-corrected chi connectivity index (χ0v) is 15.6. The van der Waals surface area contributed by atoms with E-state index in [-0.39, 0.29) is 5.41 Å². The van der Waals surface area contributed by atoms with Gasteiger partial charge in [-0.25, -0.2) is 0 Å². The zero-order chi connectivity index (χ0) is 14.3. The average molecular weight is 369 g/mol. The van der Waals surface area contributed by atoms with Crippen LogP contribution < -0.4 is 0 Å². The van der Waals surface area contributed by atoms with Crippen molar-refractivity contribution < 1.29 is 0 Å². The highest BCUT2D eigenvalue weighted by molar-refractivity contribution is 9.09. The van der Waals surface area contributed by atoms with Gasteiger partial charge in [0.05, 0.1) is 4.83 Å². The van der Waals surface area contributed by atoms with Crippen molar-refractivity contribution in [2.24, 2.45) is 0 Å². The van der Waals surface area contributed by atoms with E-state index >= 15 is 0 Å². The second-order valence-electron chi connectivity index (χ2n) is 6.62. The van der Waals surface area contributed by atoms with Crippen LogP contribution in [0.3, 0.4) is 0 Å². The number of thiophene rings is 2. The summed E-state index contributed by atoms with van der Waals surface area (Å²) in [5.74, 6) is 0. The van der Waals surface area contributed by atoms with E-state index in [4.69, 9.17) is 0 Å². The van der Waals surface area contributed by atoms with Crippen LogP contribution >= 0.6 is 38.6 Å².